The third kappa shape index (κ3) is 4.68. The van der Waals surface area contributed by atoms with Gasteiger partial charge in [0.15, 0.2) is 0 Å². The van der Waals surface area contributed by atoms with Crippen molar-refractivity contribution in [3.8, 4) is 6.07 Å². The van der Waals surface area contributed by atoms with Gasteiger partial charge in [-0.3, -0.25) is 4.79 Å². The quantitative estimate of drug-likeness (QED) is 0.835. The van der Waals surface area contributed by atoms with Crippen LogP contribution in [0.1, 0.15) is 19.4 Å². The lowest BCUT2D eigenvalue weighted by molar-refractivity contribution is -0.133. The van der Waals surface area contributed by atoms with Crippen molar-refractivity contribution in [2.24, 2.45) is 11.8 Å². The van der Waals surface area contributed by atoms with Crippen LogP contribution in [0.3, 0.4) is 0 Å². The summed E-state index contributed by atoms with van der Waals surface area (Å²) in [5.74, 6) is -0.592. The van der Waals surface area contributed by atoms with Gasteiger partial charge in [-0.25, -0.2) is 0 Å². The number of hydrogen-bond acceptors (Lipinski definition) is 2. The number of rotatable bonds is 5. The molecule has 0 fully saturated rings. The minimum atomic E-state index is -0.549. The van der Waals surface area contributed by atoms with E-state index in [1.54, 1.807) is 11.9 Å². The number of carbonyl (C=O) groups excluding carboxylic acids is 1. The van der Waals surface area contributed by atoms with Gasteiger partial charge >= 0.3 is 0 Å². The lowest BCUT2D eigenvalue weighted by Crippen LogP contribution is -2.36. The second-order valence-electron chi connectivity index (χ2n) is 4.99. The molecule has 4 heteroatoms. The normalized spacial score (nSPS) is 12.0. The van der Waals surface area contributed by atoms with Crippen LogP contribution in [0.15, 0.2) is 28.7 Å². The van der Waals surface area contributed by atoms with Crippen molar-refractivity contribution in [1.29, 1.82) is 5.26 Å². The number of likely N-dealkylation sites (N-methyl/N-ethyl adjacent to an activating group) is 1. The lowest BCUT2D eigenvalue weighted by atomic mass is 9.96. The summed E-state index contributed by atoms with van der Waals surface area (Å²) in [5, 5.41) is 9.03. The van der Waals surface area contributed by atoms with Crippen LogP contribution in [0, 0.1) is 23.2 Å². The van der Waals surface area contributed by atoms with Gasteiger partial charge in [0, 0.05) is 18.1 Å². The van der Waals surface area contributed by atoms with Crippen molar-refractivity contribution in [3.63, 3.8) is 0 Å². The highest BCUT2D eigenvalue weighted by molar-refractivity contribution is 9.10. The molecule has 0 aliphatic rings. The molecule has 0 bridgehead atoms. The van der Waals surface area contributed by atoms with Gasteiger partial charge in [0.05, 0.1) is 6.07 Å². The maximum atomic E-state index is 12.1. The zero-order chi connectivity index (χ0) is 14.4. The average molecular weight is 323 g/mol. The Kier molecular flexibility index (Phi) is 6.04. The summed E-state index contributed by atoms with van der Waals surface area (Å²) in [6.45, 7) is 4.42. The zero-order valence-corrected chi connectivity index (χ0v) is 13.1. The van der Waals surface area contributed by atoms with E-state index in [1.807, 2.05) is 38.1 Å². The molecule has 1 aromatic rings. The van der Waals surface area contributed by atoms with Crippen molar-refractivity contribution in [3.05, 3.63) is 34.3 Å². The highest BCUT2D eigenvalue weighted by Crippen LogP contribution is 2.15. The fraction of sp³-hybridized carbons (Fsp3) is 0.467. The summed E-state index contributed by atoms with van der Waals surface area (Å²) in [6.07, 6.45) is 0.790. The third-order valence-electron chi connectivity index (χ3n) is 3.07. The molecule has 0 saturated heterocycles. The van der Waals surface area contributed by atoms with E-state index in [0.717, 1.165) is 10.9 Å². The first-order valence-electron chi connectivity index (χ1n) is 6.34. The topological polar surface area (TPSA) is 44.1 Å². The molecular formula is C15H19BrN2O. The molecule has 19 heavy (non-hydrogen) atoms. The summed E-state index contributed by atoms with van der Waals surface area (Å²) < 4.78 is 1.04. The standard InChI is InChI=1S/C15H19BrN2O/c1-11(2)14(10-17)15(19)18(3)8-7-12-5-4-6-13(16)9-12/h4-6,9,11,14H,7-8H2,1-3H3. The minimum Gasteiger partial charge on any atom is -0.344 e. The average Bonchev–Trinajstić information content (AvgIpc) is 2.36. The predicted molar refractivity (Wildman–Crippen MR) is 79.4 cm³/mol. The summed E-state index contributed by atoms with van der Waals surface area (Å²) in [6, 6.07) is 10.1. The number of benzene rings is 1. The molecule has 0 spiro atoms. The van der Waals surface area contributed by atoms with E-state index >= 15 is 0 Å². The van der Waals surface area contributed by atoms with Gasteiger partial charge in [-0.15, -0.1) is 0 Å². The SMILES string of the molecule is CC(C)C(C#N)C(=O)N(C)CCc1cccc(Br)c1. The monoisotopic (exact) mass is 322 g/mol. The summed E-state index contributed by atoms with van der Waals surface area (Å²) in [5.41, 5.74) is 1.17. The Labute approximate surface area is 123 Å². The molecule has 0 N–H and O–H groups in total. The lowest BCUT2D eigenvalue weighted by Gasteiger charge is -2.22. The molecule has 1 aromatic carbocycles. The second kappa shape index (κ2) is 7.30. The minimum absolute atomic E-state index is 0.0471. The number of nitriles is 1. The van der Waals surface area contributed by atoms with Crippen LogP contribution in [0.4, 0.5) is 0 Å². The van der Waals surface area contributed by atoms with E-state index in [2.05, 4.69) is 22.0 Å². The van der Waals surface area contributed by atoms with E-state index in [4.69, 9.17) is 5.26 Å². The van der Waals surface area contributed by atoms with Crippen LogP contribution < -0.4 is 0 Å². The van der Waals surface area contributed by atoms with Crippen molar-refractivity contribution < 1.29 is 4.79 Å². The fourth-order valence-electron chi connectivity index (χ4n) is 1.83. The molecular weight excluding hydrogens is 304 g/mol. The molecule has 1 rings (SSSR count). The Morgan fingerprint density at radius 2 is 2.16 bits per heavy atom. The second-order valence-corrected chi connectivity index (χ2v) is 5.91. The highest BCUT2D eigenvalue weighted by atomic mass is 79.9. The van der Waals surface area contributed by atoms with Gasteiger partial charge in [-0.2, -0.15) is 5.26 Å². The van der Waals surface area contributed by atoms with Crippen LogP contribution >= 0.6 is 15.9 Å². The molecule has 3 nitrogen and oxygen atoms in total. The van der Waals surface area contributed by atoms with E-state index in [-0.39, 0.29) is 11.8 Å². The van der Waals surface area contributed by atoms with Crippen LogP contribution in [-0.4, -0.2) is 24.4 Å². The van der Waals surface area contributed by atoms with Gasteiger partial charge < -0.3 is 4.90 Å². The molecule has 0 radical (unpaired) electrons. The Hall–Kier alpha value is -1.34. The molecule has 0 aromatic heterocycles. The summed E-state index contributed by atoms with van der Waals surface area (Å²) >= 11 is 3.43. The van der Waals surface area contributed by atoms with Crippen LogP contribution in [0.5, 0.6) is 0 Å². The summed E-state index contributed by atoms with van der Waals surface area (Å²) in [7, 11) is 1.76. The Bertz CT molecular complexity index is 479. The Morgan fingerprint density at radius 3 is 2.68 bits per heavy atom. The summed E-state index contributed by atoms with van der Waals surface area (Å²) in [4.78, 5) is 13.7. The maximum Gasteiger partial charge on any atom is 0.239 e. The van der Waals surface area contributed by atoms with E-state index < -0.39 is 5.92 Å². The first-order chi connectivity index (χ1) is 8.95. The van der Waals surface area contributed by atoms with Gasteiger partial charge in [0.1, 0.15) is 5.92 Å². The van der Waals surface area contributed by atoms with Gasteiger partial charge in [0.25, 0.3) is 0 Å². The van der Waals surface area contributed by atoms with E-state index in [1.165, 1.54) is 5.56 Å². The molecule has 0 aliphatic carbocycles. The fourth-order valence-corrected chi connectivity index (χ4v) is 2.27. The molecule has 102 valence electrons. The van der Waals surface area contributed by atoms with Crippen LogP contribution in [-0.2, 0) is 11.2 Å². The van der Waals surface area contributed by atoms with E-state index in [0.29, 0.717) is 6.54 Å². The first-order valence-corrected chi connectivity index (χ1v) is 7.14. The number of hydrogen-bond donors (Lipinski definition) is 0. The first kappa shape index (κ1) is 15.7. The van der Waals surface area contributed by atoms with Gasteiger partial charge in [-0.1, -0.05) is 41.9 Å². The third-order valence-corrected chi connectivity index (χ3v) is 3.57. The van der Waals surface area contributed by atoms with E-state index in [9.17, 15) is 4.79 Å². The highest BCUT2D eigenvalue weighted by Gasteiger charge is 2.24. The smallest absolute Gasteiger partial charge is 0.239 e. The van der Waals surface area contributed by atoms with Crippen molar-refractivity contribution in [1.82, 2.24) is 4.90 Å². The molecule has 1 unspecified atom stereocenters. The Balaban J connectivity index is 2.58. The number of halogens is 1. The molecule has 1 amide bonds. The largest absolute Gasteiger partial charge is 0.344 e. The van der Waals surface area contributed by atoms with Crippen molar-refractivity contribution >= 4 is 21.8 Å². The van der Waals surface area contributed by atoms with Crippen molar-refractivity contribution in [2.45, 2.75) is 20.3 Å². The Morgan fingerprint density at radius 1 is 1.47 bits per heavy atom. The molecule has 0 aliphatic heterocycles. The number of carbonyl (C=O) groups is 1. The van der Waals surface area contributed by atoms with Crippen molar-refractivity contribution in [2.75, 3.05) is 13.6 Å². The predicted octanol–water partition coefficient (Wildman–Crippen LogP) is 3.25. The number of amides is 1. The zero-order valence-electron chi connectivity index (χ0n) is 11.6. The molecule has 0 heterocycles. The van der Waals surface area contributed by atoms with Gasteiger partial charge in [0.2, 0.25) is 5.91 Å². The van der Waals surface area contributed by atoms with Crippen LogP contribution in [0.25, 0.3) is 0 Å². The molecule has 1 atom stereocenters. The van der Waals surface area contributed by atoms with Crippen LogP contribution in [0.2, 0.25) is 0 Å². The molecule has 0 saturated carbocycles. The maximum absolute atomic E-state index is 12.1. The number of nitrogens with zero attached hydrogens (tertiary/aromatic N) is 2. The van der Waals surface area contributed by atoms with Gasteiger partial charge in [-0.05, 0) is 30.0 Å².